The van der Waals surface area contributed by atoms with Crippen molar-refractivity contribution in [3.05, 3.63) is 255 Å². The van der Waals surface area contributed by atoms with Crippen LogP contribution in [-0.2, 0) is 0 Å². The van der Waals surface area contributed by atoms with Crippen molar-refractivity contribution in [3.8, 4) is 22.3 Å². The van der Waals surface area contributed by atoms with E-state index < -0.39 is 0 Å². The van der Waals surface area contributed by atoms with Crippen molar-refractivity contribution in [2.24, 2.45) is 0 Å². The fourth-order valence-electron chi connectivity index (χ4n) is 11.2. The molecule has 1 aliphatic heterocycles. The Morgan fingerprint density at radius 2 is 0.725 bits per heavy atom. The smallest absolute Gasteiger partial charge is 0.0540 e. The molecule has 69 heavy (non-hydrogen) atoms. The van der Waals surface area contributed by atoms with Gasteiger partial charge in [-0.3, -0.25) is 0 Å². The van der Waals surface area contributed by atoms with E-state index in [2.05, 4.69) is 265 Å². The van der Waals surface area contributed by atoms with Crippen LogP contribution in [0.2, 0.25) is 0 Å². The van der Waals surface area contributed by atoms with Crippen molar-refractivity contribution in [2.45, 2.75) is 0 Å². The van der Waals surface area contributed by atoms with Gasteiger partial charge < -0.3 is 9.80 Å². The number of hydrogen-bond donors (Lipinski definition) is 0. The van der Waals surface area contributed by atoms with Crippen LogP contribution in [0.4, 0.5) is 34.1 Å². The van der Waals surface area contributed by atoms with Gasteiger partial charge in [0.05, 0.1) is 11.4 Å². The number of thiophene rings is 1. The minimum absolute atomic E-state index is 1.08. The number of benzene rings is 11. The molecule has 0 saturated heterocycles. The Labute approximate surface area is 404 Å². The number of anilines is 6. The molecule has 1 aliphatic rings. The van der Waals surface area contributed by atoms with Gasteiger partial charge in [0, 0.05) is 54.0 Å². The van der Waals surface area contributed by atoms with Crippen LogP contribution in [0.1, 0.15) is 0 Å². The monoisotopic (exact) mass is 894 g/mol. The van der Waals surface area contributed by atoms with Crippen molar-refractivity contribution in [2.75, 3.05) is 9.80 Å². The number of para-hydroxylation sites is 4. The summed E-state index contributed by atoms with van der Waals surface area (Å²) in [6.07, 6.45) is 0. The van der Waals surface area contributed by atoms with E-state index in [1.807, 2.05) is 11.3 Å². The highest BCUT2D eigenvalue weighted by Crippen LogP contribution is 2.52. The average Bonchev–Trinajstić information content (AvgIpc) is 3.75. The normalized spacial score (nSPS) is 12.0. The van der Waals surface area contributed by atoms with Gasteiger partial charge in [-0.25, -0.2) is 0 Å². The highest BCUT2D eigenvalue weighted by atomic mass is 32.1. The van der Waals surface area contributed by atoms with E-state index in [1.54, 1.807) is 0 Å². The number of hydrogen-bond acceptors (Lipinski definition) is 3. The second kappa shape index (κ2) is 16.0. The molecule has 0 atom stereocenters. The molecule has 0 N–H and O–H groups in total. The Balaban J connectivity index is 1.11. The average molecular weight is 895 g/mol. The second-order valence-electron chi connectivity index (χ2n) is 17.9. The molecule has 1 aromatic heterocycles. The van der Waals surface area contributed by atoms with Crippen molar-refractivity contribution < 1.29 is 0 Å². The first-order valence-corrected chi connectivity index (χ1v) is 24.5. The zero-order valence-corrected chi connectivity index (χ0v) is 38.4. The van der Waals surface area contributed by atoms with Gasteiger partial charge in [0.25, 0.3) is 0 Å². The van der Waals surface area contributed by atoms with Gasteiger partial charge in [-0.05, 0) is 138 Å². The SMILES string of the molecule is c1ccc(N(c2ccc3c(c2)-c2ccccc2N(c2ccccc2)c2ccccc2-3)c2ccc3c4ccccc4c4ccccc4c4ccccc4c4c(ccc5sc6ccccc6c54)c3c2)cc1. The molecule has 13 aromatic rings. The Morgan fingerprint density at radius 3 is 1.39 bits per heavy atom. The van der Waals surface area contributed by atoms with Crippen molar-refractivity contribution in [3.63, 3.8) is 0 Å². The molecular formula is C66H42N2S. The maximum atomic E-state index is 2.46. The summed E-state index contributed by atoms with van der Waals surface area (Å²) in [6, 6.07) is 94.2. The predicted octanol–water partition coefficient (Wildman–Crippen LogP) is 19.5. The van der Waals surface area contributed by atoms with Gasteiger partial charge in [0.15, 0.2) is 0 Å². The van der Waals surface area contributed by atoms with Gasteiger partial charge in [-0.1, -0.05) is 182 Å². The third kappa shape index (κ3) is 6.25. The molecule has 2 nitrogen and oxygen atoms in total. The summed E-state index contributed by atoms with van der Waals surface area (Å²) in [5.41, 5.74) is 11.5. The van der Waals surface area contributed by atoms with E-state index in [9.17, 15) is 0 Å². The van der Waals surface area contributed by atoms with Crippen LogP contribution in [0, 0.1) is 0 Å². The Morgan fingerprint density at radius 1 is 0.261 bits per heavy atom. The van der Waals surface area contributed by atoms with E-state index >= 15 is 0 Å². The molecule has 14 rings (SSSR count). The molecule has 0 fully saturated rings. The van der Waals surface area contributed by atoms with Gasteiger partial charge in [-0.2, -0.15) is 0 Å². The number of nitrogens with zero attached hydrogens (tertiary/aromatic N) is 2. The quantitative estimate of drug-likeness (QED) is 0.174. The first-order chi connectivity index (χ1) is 34.3. The summed E-state index contributed by atoms with van der Waals surface area (Å²) in [7, 11) is 0. The standard InChI is InChI=1S/C66H42N2S/c1-3-19-43(20-4-1)67(45-36-38-53-54-28-13-16-32-61(54)68(44-21-5-2-6-22-44)62-33-17-14-29-55(62)59(53)41-45)46-35-37-52-50-26-10-8-24-48(50)47-23-7-9-25-49(47)51-27-11-12-30-56(51)65-57(60(52)42-46)39-40-64-66(65)58-31-15-18-34-63(58)69-64/h1-42H. The Kier molecular flexibility index (Phi) is 9.11. The van der Waals surface area contributed by atoms with E-state index in [4.69, 9.17) is 0 Å². The van der Waals surface area contributed by atoms with Gasteiger partial charge in [0.2, 0.25) is 0 Å². The summed E-state index contributed by atoms with van der Waals surface area (Å²) in [5, 5.41) is 14.8. The molecule has 0 spiro atoms. The van der Waals surface area contributed by atoms with E-state index in [-0.39, 0.29) is 0 Å². The molecule has 0 saturated carbocycles. The lowest BCUT2D eigenvalue weighted by atomic mass is 9.92. The second-order valence-corrected chi connectivity index (χ2v) is 19.0. The topological polar surface area (TPSA) is 6.48 Å². The summed E-state index contributed by atoms with van der Waals surface area (Å²) >= 11 is 1.88. The predicted molar refractivity (Wildman–Crippen MR) is 298 cm³/mol. The first-order valence-electron chi connectivity index (χ1n) is 23.7. The van der Waals surface area contributed by atoms with Crippen LogP contribution in [0.25, 0.3) is 96.3 Å². The van der Waals surface area contributed by atoms with Gasteiger partial charge >= 0.3 is 0 Å². The van der Waals surface area contributed by atoms with Crippen LogP contribution < -0.4 is 9.80 Å². The maximum absolute atomic E-state index is 2.46. The number of rotatable bonds is 4. The van der Waals surface area contributed by atoms with Crippen LogP contribution in [0.15, 0.2) is 255 Å². The zero-order valence-electron chi connectivity index (χ0n) is 37.6. The van der Waals surface area contributed by atoms with Crippen LogP contribution in [0.3, 0.4) is 0 Å². The molecule has 0 unspecified atom stereocenters. The molecule has 322 valence electrons. The highest BCUT2D eigenvalue weighted by molar-refractivity contribution is 7.26. The molecule has 3 heteroatoms. The third-order valence-electron chi connectivity index (χ3n) is 14.2. The summed E-state index contributed by atoms with van der Waals surface area (Å²) in [6.45, 7) is 0. The van der Waals surface area contributed by atoms with E-state index in [1.165, 1.54) is 96.3 Å². The fraction of sp³-hybridized carbons (Fsp3) is 0. The van der Waals surface area contributed by atoms with Gasteiger partial charge in [-0.15, -0.1) is 11.3 Å². The Bertz CT molecular complexity index is 4270. The van der Waals surface area contributed by atoms with Crippen LogP contribution >= 0.6 is 11.3 Å². The van der Waals surface area contributed by atoms with Crippen LogP contribution in [0.5, 0.6) is 0 Å². The summed E-state index contributed by atoms with van der Waals surface area (Å²) < 4.78 is 2.58. The lowest BCUT2D eigenvalue weighted by Gasteiger charge is -2.27. The van der Waals surface area contributed by atoms with Crippen molar-refractivity contribution >= 4 is 119 Å². The highest BCUT2D eigenvalue weighted by Gasteiger charge is 2.27. The maximum Gasteiger partial charge on any atom is 0.0540 e. The molecule has 12 aromatic carbocycles. The summed E-state index contributed by atoms with van der Waals surface area (Å²) in [4.78, 5) is 4.86. The number of fused-ring (bicyclic) bond motifs is 19. The first kappa shape index (κ1) is 39.4. The summed E-state index contributed by atoms with van der Waals surface area (Å²) in [5.74, 6) is 0. The van der Waals surface area contributed by atoms with E-state index in [0.29, 0.717) is 0 Å². The molecule has 0 aliphatic carbocycles. The van der Waals surface area contributed by atoms with Crippen molar-refractivity contribution in [1.82, 2.24) is 0 Å². The molecule has 0 radical (unpaired) electrons. The van der Waals surface area contributed by atoms with Crippen molar-refractivity contribution in [1.29, 1.82) is 0 Å². The minimum atomic E-state index is 1.08. The lowest BCUT2D eigenvalue weighted by Crippen LogP contribution is -2.10. The Hall–Kier alpha value is -8.76. The van der Waals surface area contributed by atoms with Crippen LogP contribution in [-0.4, -0.2) is 0 Å². The third-order valence-corrected chi connectivity index (χ3v) is 15.3. The largest absolute Gasteiger partial charge is 0.310 e. The minimum Gasteiger partial charge on any atom is -0.310 e. The lowest BCUT2D eigenvalue weighted by molar-refractivity contribution is 1.29. The molecule has 0 amide bonds. The fourth-order valence-corrected chi connectivity index (χ4v) is 12.3. The van der Waals surface area contributed by atoms with E-state index in [0.717, 1.165) is 34.1 Å². The zero-order chi connectivity index (χ0) is 45.4. The molecule has 0 bridgehead atoms. The molecular weight excluding hydrogens is 853 g/mol. The van der Waals surface area contributed by atoms with Gasteiger partial charge in [0.1, 0.15) is 0 Å². The molecule has 2 heterocycles.